The topological polar surface area (TPSA) is 35.2 Å². The van der Waals surface area contributed by atoms with Crippen LogP contribution in [0.25, 0.3) is 0 Å². The average molecular weight is 314 g/mol. The standard InChI is InChI=1S/C20H43NO/c1-4-5-6-7-8-9-10-11-12-13-14-15-16-17-18-19-20(2,3)22-21/h4-19,21H2,1-3H3. The normalized spacial score (nSPS) is 12.0. The van der Waals surface area contributed by atoms with E-state index in [0.29, 0.717) is 0 Å². The van der Waals surface area contributed by atoms with Crippen molar-refractivity contribution in [2.75, 3.05) is 0 Å². The van der Waals surface area contributed by atoms with Crippen molar-refractivity contribution in [2.24, 2.45) is 5.90 Å². The molecule has 0 radical (unpaired) electrons. The zero-order chi connectivity index (χ0) is 16.5. The summed E-state index contributed by atoms with van der Waals surface area (Å²) in [5.74, 6) is 5.27. The van der Waals surface area contributed by atoms with Gasteiger partial charge >= 0.3 is 0 Å². The van der Waals surface area contributed by atoms with E-state index in [1.165, 1.54) is 96.3 Å². The number of unbranched alkanes of at least 4 members (excludes halogenated alkanes) is 14. The molecule has 0 fully saturated rings. The molecule has 0 bridgehead atoms. The molecule has 0 amide bonds. The van der Waals surface area contributed by atoms with Gasteiger partial charge in [-0.15, -0.1) is 0 Å². The summed E-state index contributed by atoms with van der Waals surface area (Å²) in [5, 5.41) is 0. The molecule has 0 spiro atoms. The SMILES string of the molecule is CCCCCCCCCCCCCCCCCC(C)(C)ON. The van der Waals surface area contributed by atoms with E-state index in [4.69, 9.17) is 10.7 Å². The van der Waals surface area contributed by atoms with Crippen LogP contribution in [-0.4, -0.2) is 5.60 Å². The molecule has 0 heterocycles. The van der Waals surface area contributed by atoms with Gasteiger partial charge in [0.05, 0.1) is 5.60 Å². The third-order valence-electron chi connectivity index (χ3n) is 4.70. The molecule has 2 nitrogen and oxygen atoms in total. The lowest BCUT2D eigenvalue weighted by Gasteiger charge is -2.21. The summed E-state index contributed by atoms with van der Waals surface area (Å²) in [6, 6.07) is 0. The molecule has 0 aliphatic heterocycles. The first-order valence-electron chi connectivity index (χ1n) is 10.0. The Morgan fingerprint density at radius 3 is 1.23 bits per heavy atom. The molecule has 0 aromatic carbocycles. The minimum Gasteiger partial charge on any atom is -0.299 e. The number of hydrogen-bond acceptors (Lipinski definition) is 2. The molecule has 0 atom stereocenters. The van der Waals surface area contributed by atoms with Crippen molar-refractivity contribution in [2.45, 2.75) is 129 Å². The quantitative estimate of drug-likeness (QED) is 0.234. The molecule has 0 rings (SSSR count). The second-order valence-corrected chi connectivity index (χ2v) is 7.58. The van der Waals surface area contributed by atoms with Gasteiger partial charge in [0.2, 0.25) is 0 Å². The van der Waals surface area contributed by atoms with Crippen molar-refractivity contribution in [1.29, 1.82) is 0 Å². The highest BCUT2D eigenvalue weighted by Gasteiger charge is 2.15. The van der Waals surface area contributed by atoms with Gasteiger partial charge in [0.25, 0.3) is 0 Å². The Bertz CT molecular complexity index is 216. The highest BCUT2D eigenvalue weighted by atomic mass is 16.6. The lowest BCUT2D eigenvalue weighted by atomic mass is 9.99. The van der Waals surface area contributed by atoms with Crippen molar-refractivity contribution in [3.8, 4) is 0 Å². The Balaban J connectivity index is 3.06. The van der Waals surface area contributed by atoms with Crippen LogP contribution in [0.4, 0.5) is 0 Å². The van der Waals surface area contributed by atoms with Crippen LogP contribution < -0.4 is 5.90 Å². The van der Waals surface area contributed by atoms with Crippen LogP contribution in [0, 0.1) is 0 Å². The lowest BCUT2D eigenvalue weighted by Crippen LogP contribution is -2.27. The maximum absolute atomic E-state index is 5.27. The van der Waals surface area contributed by atoms with E-state index in [1.54, 1.807) is 0 Å². The van der Waals surface area contributed by atoms with Gasteiger partial charge in [0.1, 0.15) is 0 Å². The van der Waals surface area contributed by atoms with E-state index in [1.807, 2.05) is 0 Å². The van der Waals surface area contributed by atoms with Crippen molar-refractivity contribution in [1.82, 2.24) is 0 Å². The second-order valence-electron chi connectivity index (χ2n) is 7.58. The lowest BCUT2D eigenvalue weighted by molar-refractivity contribution is -0.0269. The first kappa shape index (κ1) is 21.9. The molecule has 2 N–H and O–H groups in total. The fourth-order valence-corrected chi connectivity index (χ4v) is 2.98. The van der Waals surface area contributed by atoms with Crippen LogP contribution >= 0.6 is 0 Å². The summed E-state index contributed by atoms with van der Waals surface area (Å²) in [4.78, 5) is 4.96. The first-order valence-corrected chi connectivity index (χ1v) is 10.0. The van der Waals surface area contributed by atoms with Crippen LogP contribution in [0.5, 0.6) is 0 Å². The van der Waals surface area contributed by atoms with E-state index in [-0.39, 0.29) is 5.60 Å². The zero-order valence-corrected chi connectivity index (χ0v) is 15.8. The van der Waals surface area contributed by atoms with Gasteiger partial charge < -0.3 is 0 Å². The molecule has 0 aromatic rings. The maximum atomic E-state index is 5.27. The number of nitrogens with two attached hydrogens (primary N) is 1. The molecule has 0 aliphatic carbocycles. The summed E-state index contributed by atoms with van der Waals surface area (Å²) in [6.45, 7) is 6.42. The van der Waals surface area contributed by atoms with Gasteiger partial charge in [-0.1, -0.05) is 103 Å². The van der Waals surface area contributed by atoms with Gasteiger partial charge in [-0.25, -0.2) is 5.90 Å². The molecule has 2 heteroatoms. The van der Waals surface area contributed by atoms with Crippen LogP contribution in [0.15, 0.2) is 0 Å². The van der Waals surface area contributed by atoms with E-state index in [9.17, 15) is 0 Å². The Hall–Kier alpha value is -0.0800. The van der Waals surface area contributed by atoms with Crippen molar-refractivity contribution in [3.05, 3.63) is 0 Å². The molecular weight excluding hydrogens is 270 g/mol. The smallest absolute Gasteiger partial charge is 0.0838 e. The highest BCUT2D eigenvalue weighted by molar-refractivity contribution is 4.66. The molecule has 22 heavy (non-hydrogen) atoms. The fourth-order valence-electron chi connectivity index (χ4n) is 2.98. The Labute approximate surface area is 140 Å². The molecule has 0 saturated carbocycles. The van der Waals surface area contributed by atoms with E-state index in [0.717, 1.165) is 6.42 Å². The molecular formula is C20H43NO. The number of rotatable bonds is 17. The maximum Gasteiger partial charge on any atom is 0.0838 e. The number of hydrogen-bond donors (Lipinski definition) is 1. The predicted octanol–water partition coefficient (Wildman–Crippen LogP) is 6.92. The fraction of sp³-hybridized carbons (Fsp3) is 1.00. The van der Waals surface area contributed by atoms with Crippen molar-refractivity contribution in [3.63, 3.8) is 0 Å². The predicted molar refractivity (Wildman–Crippen MR) is 98.9 cm³/mol. The minimum absolute atomic E-state index is 0.142. The summed E-state index contributed by atoms with van der Waals surface area (Å²) in [5.41, 5.74) is -0.142. The summed E-state index contributed by atoms with van der Waals surface area (Å²) >= 11 is 0. The van der Waals surface area contributed by atoms with Gasteiger partial charge in [-0.05, 0) is 20.3 Å². The Morgan fingerprint density at radius 1 is 0.591 bits per heavy atom. The monoisotopic (exact) mass is 313 g/mol. The third-order valence-corrected chi connectivity index (χ3v) is 4.70. The second kappa shape index (κ2) is 15.8. The summed E-state index contributed by atoms with van der Waals surface area (Å²) < 4.78 is 0. The van der Waals surface area contributed by atoms with E-state index < -0.39 is 0 Å². The van der Waals surface area contributed by atoms with Gasteiger partial charge in [-0.2, -0.15) is 0 Å². The summed E-state index contributed by atoms with van der Waals surface area (Å²) in [6.07, 6.45) is 22.2. The largest absolute Gasteiger partial charge is 0.299 e. The van der Waals surface area contributed by atoms with E-state index >= 15 is 0 Å². The third kappa shape index (κ3) is 16.3. The van der Waals surface area contributed by atoms with Crippen LogP contribution in [-0.2, 0) is 4.84 Å². The average Bonchev–Trinajstić information content (AvgIpc) is 2.51. The van der Waals surface area contributed by atoms with E-state index in [2.05, 4.69) is 20.8 Å². The first-order chi connectivity index (χ1) is 10.6. The minimum atomic E-state index is -0.142. The zero-order valence-electron chi connectivity index (χ0n) is 15.8. The highest BCUT2D eigenvalue weighted by Crippen LogP contribution is 2.18. The van der Waals surface area contributed by atoms with Crippen molar-refractivity contribution < 1.29 is 4.84 Å². The van der Waals surface area contributed by atoms with Crippen LogP contribution in [0.2, 0.25) is 0 Å². The van der Waals surface area contributed by atoms with Gasteiger partial charge in [0, 0.05) is 0 Å². The van der Waals surface area contributed by atoms with Gasteiger partial charge in [-0.3, -0.25) is 4.84 Å². The van der Waals surface area contributed by atoms with Crippen molar-refractivity contribution >= 4 is 0 Å². The van der Waals surface area contributed by atoms with Gasteiger partial charge in [0.15, 0.2) is 0 Å². The van der Waals surface area contributed by atoms with Crippen LogP contribution in [0.3, 0.4) is 0 Å². The molecule has 134 valence electrons. The summed E-state index contributed by atoms with van der Waals surface area (Å²) in [7, 11) is 0. The molecule has 0 aromatic heterocycles. The molecule has 0 saturated heterocycles. The van der Waals surface area contributed by atoms with Crippen LogP contribution in [0.1, 0.15) is 124 Å². The molecule has 0 unspecified atom stereocenters. The Morgan fingerprint density at radius 2 is 0.909 bits per heavy atom. The Kier molecular flexibility index (Phi) is 15.7. The molecule has 0 aliphatic rings.